The first-order chi connectivity index (χ1) is 9.24. The fourth-order valence-electron chi connectivity index (χ4n) is 1.53. The normalized spacial score (nSPS) is 10.2. The molecule has 2 rings (SSSR count). The third-order valence-corrected chi connectivity index (χ3v) is 3.53. The summed E-state index contributed by atoms with van der Waals surface area (Å²) >= 11 is 1.68. The van der Waals surface area contributed by atoms with Gasteiger partial charge in [-0.15, -0.1) is 11.8 Å². The van der Waals surface area contributed by atoms with Gasteiger partial charge >= 0.3 is 0 Å². The smallest absolute Gasteiger partial charge is 0.226 e. The van der Waals surface area contributed by atoms with E-state index in [0.29, 0.717) is 12.2 Å². The number of amides is 1. The molecule has 0 spiro atoms. The monoisotopic (exact) mass is 272 g/mol. The second kappa shape index (κ2) is 6.95. The largest absolute Gasteiger partial charge is 0.311 e. The summed E-state index contributed by atoms with van der Waals surface area (Å²) in [6, 6.07) is 13.8. The number of nitrogens with zero attached hydrogens (tertiary/aromatic N) is 1. The van der Waals surface area contributed by atoms with Gasteiger partial charge in [0, 0.05) is 23.3 Å². The number of thioether (sulfide) groups is 1. The molecule has 0 aliphatic heterocycles. The van der Waals surface area contributed by atoms with E-state index < -0.39 is 0 Å². The highest BCUT2D eigenvalue weighted by Crippen LogP contribution is 2.17. The zero-order valence-electron chi connectivity index (χ0n) is 10.8. The first kappa shape index (κ1) is 13.6. The summed E-state index contributed by atoms with van der Waals surface area (Å²) in [6.07, 6.45) is 2.23. The van der Waals surface area contributed by atoms with Gasteiger partial charge in [0.1, 0.15) is 5.82 Å². The van der Waals surface area contributed by atoms with Gasteiger partial charge in [-0.25, -0.2) is 4.98 Å². The molecule has 2 aromatic rings. The van der Waals surface area contributed by atoms with E-state index in [1.54, 1.807) is 18.0 Å². The fourth-order valence-corrected chi connectivity index (χ4v) is 2.40. The second-order valence-electron chi connectivity index (χ2n) is 4.18. The first-order valence-electron chi connectivity index (χ1n) is 6.14. The van der Waals surface area contributed by atoms with Gasteiger partial charge in [-0.3, -0.25) is 4.79 Å². The molecule has 1 amide bonds. The van der Waals surface area contributed by atoms with Gasteiger partial charge in [0.25, 0.3) is 0 Å². The molecule has 0 unspecified atom stereocenters. The quantitative estimate of drug-likeness (QED) is 0.847. The highest BCUT2D eigenvalue weighted by Gasteiger charge is 2.03. The van der Waals surface area contributed by atoms with E-state index in [1.165, 1.54) is 4.90 Å². The average Bonchev–Trinajstić information content (AvgIpc) is 2.43. The van der Waals surface area contributed by atoms with Gasteiger partial charge in [0.15, 0.2) is 0 Å². The molecule has 1 heterocycles. The van der Waals surface area contributed by atoms with Crippen molar-refractivity contribution < 1.29 is 4.79 Å². The van der Waals surface area contributed by atoms with Crippen LogP contribution in [-0.2, 0) is 4.79 Å². The van der Waals surface area contributed by atoms with E-state index in [9.17, 15) is 4.79 Å². The Balaban J connectivity index is 1.74. The lowest BCUT2D eigenvalue weighted by atomic mass is 10.3. The first-order valence-corrected chi connectivity index (χ1v) is 7.13. The minimum atomic E-state index is -0.000200. The fraction of sp³-hybridized carbons (Fsp3) is 0.200. The van der Waals surface area contributed by atoms with Crippen LogP contribution >= 0.6 is 11.8 Å². The number of hydrogen-bond donors (Lipinski definition) is 1. The minimum absolute atomic E-state index is 0.000200. The number of carbonyl (C=O) groups excluding carboxylic acids is 1. The van der Waals surface area contributed by atoms with Crippen molar-refractivity contribution in [2.24, 2.45) is 0 Å². The molecule has 1 aromatic heterocycles. The van der Waals surface area contributed by atoms with E-state index in [-0.39, 0.29) is 5.91 Å². The van der Waals surface area contributed by atoms with Crippen LogP contribution in [0.2, 0.25) is 0 Å². The highest BCUT2D eigenvalue weighted by molar-refractivity contribution is 7.99. The van der Waals surface area contributed by atoms with Crippen molar-refractivity contribution in [3.8, 4) is 0 Å². The van der Waals surface area contributed by atoms with E-state index >= 15 is 0 Å². The number of hydrogen-bond acceptors (Lipinski definition) is 3. The van der Waals surface area contributed by atoms with Crippen LogP contribution in [-0.4, -0.2) is 16.6 Å². The van der Waals surface area contributed by atoms with E-state index in [2.05, 4.69) is 10.3 Å². The lowest BCUT2D eigenvalue weighted by Gasteiger charge is -2.04. The van der Waals surface area contributed by atoms with Crippen molar-refractivity contribution in [1.29, 1.82) is 0 Å². The van der Waals surface area contributed by atoms with Crippen LogP contribution in [0.4, 0.5) is 5.82 Å². The Kier molecular flexibility index (Phi) is 4.98. The van der Waals surface area contributed by atoms with Crippen molar-refractivity contribution in [2.75, 3.05) is 11.1 Å². The summed E-state index contributed by atoms with van der Waals surface area (Å²) in [5.41, 5.74) is 1.08. The molecule has 1 N–H and O–H groups in total. The maximum atomic E-state index is 11.7. The molecule has 98 valence electrons. The molecule has 19 heavy (non-hydrogen) atoms. The van der Waals surface area contributed by atoms with Crippen molar-refractivity contribution in [1.82, 2.24) is 4.98 Å². The number of benzene rings is 1. The molecular weight excluding hydrogens is 256 g/mol. The number of pyridine rings is 1. The number of carbonyl (C=O) groups is 1. The van der Waals surface area contributed by atoms with Crippen molar-refractivity contribution in [3.63, 3.8) is 0 Å². The Hall–Kier alpha value is -1.81. The predicted molar refractivity (Wildman–Crippen MR) is 79.4 cm³/mol. The molecule has 0 fully saturated rings. The molecule has 0 saturated carbocycles. The zero-order chi connectivity index (χ0) is 13.5. The highest BCUT2D eigenvalue weighted by atomic mass is 32.2. The summed E-state index contributed by atoms with van der Waals surface area (Å²) in [5.74, 6) is 1.38. The lowest BCUT2D eigenvalue weighted by Crippen LogP contribution is -2.13. The predicted octanol–water partition coefficient (Wildman–Crippen LogP) is 3.51. The van der Waals surface area contributed by atoms with Crippen LogP contribution in [0, 0.1) is 6.92 Å². The van der Waals surface area contributed by atoms with E-state index in [4.69, 9.17) is 0 Å². The number of rotatable bonds is 5. The summed E-state index contributed by atoms with van der Waals surface area (Å²) in [4.78, 5) is 17.1. The van der Waals surface area contributed by atoms with E-state index in [1.807, 2.05) is 49.4 Å². The van der Waals surface area contributed by atoms with Crippen molar-refractivity contribution in [2.45, 2.75) is 18.2 Å². The number of nitrogens with one attached hydrogen (secondary N) is 1. The van der Waals surface area contributed by atoms with Gasteiger partial charge < -0.3 is 5.32 Å². The molecule has 0 radical (unpaired) electrons. The summed E-state index contributed by atoms with van der Waals surface area (Å²) in [5, 5.41) is 2.79. The van der Waals surface area contributed by atoms with Gasteiger partial charge in [-0.2, -0.15) is 0 Å². The second-order valence-corrected chi connectivity index (χ2v) is 5.35. The third kappa shape index (κ3) is 4.75. The Morgan fingerprint density at radius 2 is 2.00 bits per heavy atom. The average molecular weight is 272 g/mol. The molecule has 3 nitrogen and oxygen atoms in total. The molecule has 1 aromatic carbocycles. The SMILES string of the molecule is Cc1ccc(NC(=O)CCSc2ccccc2)nc1. The third-order valence-electron chi connectivity index (χ3n) is 2.52. The minimum Gasteiger partial charge on any atom is -0.311 e. The Morgan fingerprint density at radius 1 is 1.21 bits per heavy atom. The Labute approximate surface area is 117 Å². The van der Waals surface area contributed by atoms with Gasteiger partial charge in [0.05, 0.1) is 0 Å². The molecule has 4 heteroatoms. The molecule has 0 aliphatic rings. The molecular formula is C15H16N2OS. The van der Waals surface area contributed by atoms with Crippen LogP contribution in [0.5, 0.6) is 0 Å². The van der Waals surface area contributed by atoms with Crippen LogP contribution < -0.4 is 5.32 Å². The summed E-state index contributed by atoms with van der Waals surface area (Å²) in [6.45, 7) is 1.97. The topological polar surface area (TPSA) is 42.0 Å². The zero-order valence-corrected chi connectivity index (χ0v) is 11.6. The van der Waals surface area contributed by atoms with Gasteiger partial charge in [-0.1, -0.05) is 24.3 Å². The number of aryl methyl sites for hydroxylation is 1. The lowest BCUT2D eigenvalue weighted by molar-refractivity contribution is -0.115. The standard InChI is InChI=1S/C15H16N2OS/c1-12-7-8-14(16-11-12)17-15(18)9-10-19-13-5-3-2-4-6-13/h2-8,11H,9-10H2,1H3,(H,16,17,18). The summed E-state index contributed by atoms with van der Waals surface area (Å²) in [7, 11) is 0. The molecule has 0 bridgehead atoms. The van der Waals surface area contributed by atoms with Crippen molar-refractivity contribution in [3.05, 3.63) is 54.2 Å². The van der Waals surface area contributed by atoms with Crippen LogP contribution in [0.1, 0.15) is 12.0 Å². The number of anilines is 1. The maximum Gasteiger partial charge on any atom is 0.226 e. The Bertz CT molecular complexity index is 526. The van der Waals surface area contributed by atoms with Crippen LogP contribution in [0.3, 0.4) is 0 Å². The maximum absolute atomic E-state index is 11.7. The van der Waals surface area contributed by atoms with E-state index in [0.717, 1.165) is 11.3 Å². The Morgan fingerprint density at radius 3 is 2.68 bits per heavy atom. The number of aromatic nitrogens is 1. The molecule has 0 atom stereocenters. The van der Waals surface area contributed by atoms with Crippen LogP contribution in [0.15, 0.2) is 53.6 Å². The van der Waals surface area contributed by atoms with Gasteiger partial charge in [-0.05, 0) is 30.7 Å². The van der Waals surface area contributed by atoms with Crippen LogP contribution in [0.25, 0.3) is 0 Å². The molecule has 0 saturated heterocycles. The van der Waals surface area contributed by atoms with Crippen molar-refractivity contribution >= 4 is 23.5 Å². The summed E-state index contributed by atoms with van der Waals surface area (Å²) < 4.78 is 0. The molecule has 0 aliphatic carbocycles. The van der Waals surface area contributed by atoms with Gasteiger partial charge in [0.2, 0.25) is 5.91 Å².